The van der Waals surface area contributed by atoms with Gasteiger partial charge in [-0.1, -0.05) is 0 Å². The van der Waals surface area contributed by atoms with Gasteiger partial charge in [0.25, 0.3) is 0 Å². The summed E-state index contributed by atoms with van der Waals surface area (Å²) in [6, 6.07) is 0. The van der Waals surface area contributed by atoms with E-state index >= 15 is 0 Å². The molecule has 0 aliphatic heterocycles. The molecule has 2 N–H and O–H groups in total. The maximum Gasteiger partial charge on any atom is 0.323 e. The molecule has 0 aliphatic rings. The largest absolute Gasteiger partial charge is 0.480 e. The Morgan fingerprint density at radius 1 is 1.44 bits per heavy atom. The van der Waals surface area contributed by atoms with Gasteiger partial charge in [0.15, 0.2) is 0 Å². The Balaban J connectivity index is 3.79. The summed E-state index contributed by atoms with van der Waals surface area (Å²) < 4.78 is 5.47. The Hall–Kier alpha value is -0.650. The fourth-order valence-electron chi connectivity index (χ4n) is 1.60. The number of hydrogen-bond acceptors (Lipinski definition) is 4. The predicted octanol–water partition coefficient (Wildman–Crippen LogP) is 1.19. The van der Waals surface area contributed by atoms with Crippen LogP contribution in [0.4, 0.5) is 0 Å². The number of likely N-dealkylation sites (N-methyl/N-ethyl adjacent to an activating group) is 2. The molecule has 0 rings (SSSR count). The standard InChI is InChI=1S/C13H28N2O3/c1-11(2)18-10-9-15(5)8-6-7-13(3,14-4)12(16)17/h11,14H,6-10H2,1-5H3,(H,16,17). The van der Waals surface area contributed by atoms with E-state index in [0.29, 0.717) is 6.42 Å². The van der Waals surface area contributed by atoms with E-state index in [1.165, 1.54) is 0 Å². The second-order valence-corrected chi connectivity index (χ2v) is 5.21. The monoisotopic (exact) mass is 260 g/mol. The highest BCUT2D eigenvalue weighted by atomic mass is 16.5. The second-order valence-electron chi connectivity index (χ2n) is 5.21. The van der Waals surface area contributed by atoms with Crippen LogP contribution in [0.15, 0.2) is 0 Å². The molecule has 1 unspecified atom stereocenters. The first-order valence-electron chi connectivity index (χ1n) is 6.54. The highest BCUT2D eigenvalue weighted by Crippen LogP contribution is 2.12. The molecular weight excluding hydrogens is 232 g/mol. The average Bonchev–Trinajstić information content (AvgIpc) is 2.27. The van der Waals surface area contributed by atoms with Crippen LogP contribution in [0.5, 0.6) is 0 Å². The van der Waals surface area contributed by atoms with E-state index in [1.54, 1.807) is 14.0 Å². The Morgan fingerprint density at radius 2 is 2.06 bits per heavy atom. The highest BCUT2D eigenvalue weighted by Gasteiger charge is 2.30. The summed E-state index contributed by atoms with van der Waals surface area (Å²) in [5.74, 6) is -0.796. The average molecular weight is 260 g/mol. The summed E-state index contributed by atoms with van der Waals surface area (Å²) >= 11 is 0. The summed E-state index contributed by atoms with van der Waals surface area (Å²) in [6.45, 7) is 8.23. The van der Waals surface area contributed by atoms with Gasteiger partial charge in [-0.2, -0.15) is 0 Å². The van der Waals surface area contributed by atoms with Crippen LogP contribution in [0.1, 0.15) is 33.6 Å². The third kappa shape index (κ3) is 6.93. The SMILES string of the molecule is CNC(C)(CCCN(C)CCOC(C)C)C(=O)O. The van der Waals surface area contributed by atoms with Gasteiger partial charge in [0.2, 0.25) is 0 Å². The first-order valence-corrected chi connectivity index (χ1v) is 6.54. The van der Waals surface area contributed by atoms with Crippen LogP contribution in [-0.2, 0) is 9.53 Å². The zero-order valence-corrected chi connectivity index (χ0v) is 12.3. The molecular formula is C13H28N2O3. The summed E-state index contributed by atoms with van der Waals surface area (Å²) in [4.78, 5) is 13.2. The lowest BCUT2D eigenvalue weighted by atomic mass is 9.96. The van der Waals surface area contributed by atoms with Crippen molar-refractivity contribution < 1.29 is 14.6 Å². The minimum atomic E-state index is -0.824. The summed E-state index contributed by atoms with van der Waals surface area (Å²) in [7, 11) is 3.72. The number of ether oxygens (including phenoxy) is 1. The number of carboxylic acids is 1. The molecule has 0 spiro atoms. The molecule has 0 aliphatic carbocycles. The molecule has 0 amide bonds. The van der Waals surface area contributed by atoms with Gasteiger partial charge in [0.1, 0.15) is 5.54 Å². The third-order valence-corrected chi connectivity index (χ3v) is 3.16. The molecule has 108 valence electrons. The van der Waals surface area contributed by atoms with Gasteiger partial charge in [-0.3, -0.25) is 4.79 Å². The highest BCUT2D eigenvalue weighted by molar-refractivity contribution is 5.78. The van der Waals surface area contributed by atoms with Crippen LogP contribution >= 0.6 is 0 Å². The number of nitrogens with zero attached hydrogens (tertiary/aromatic N) is 1. The number of hydrogen-bond donors (Lipinski definition) is 2. The molecule has 0 radical (unpaired) electrons. The van der Waals surface area contributed by atoms with Crippen molar-refractivity contribution in [2.45, 2.75) is 45.3 Å². The van der Waals surface area contributed by atoms with Crippen molar-refractivity contribution >= 4 is 5.97 Å². The van der Waals surface area contributed by atoms with E-state index in [0.717, 1.165) is 26.1 Å². The third-order valence-electron chi connectivity index (χ3n) is 3.16. The van der Waals surface area contributed by atoms with Crippen molar-refractivity contribution in [1.29, 1.82) is 0 Å². The van der Waals surface area contributed by atoms with Gasteiger partial charge in [-0.15, -0.1) is 0 Å². The van der Waals surface area contributed by atoms with Gasteiger partial charge in [0, 0.05) is 6.54 Å². The normalized spacial score (nSPS) is 15.1. The van der Waals surface area contributed by atoms with E-state index < -0.39 is 11.5 Å². The number of rotatable bonds is 10. The van der Waals surface area contributed by atoms with E-state index in [9.17, 15) is 4.79 Å². The van der Waals surface area contributed by atoms with Crippen molar-refractivity contribution in [3.63, 3.8) is 0 Å². The molecule has 5 nitrogen and oxygen atoms in total. The van der Waals surface area contributed by atoms with Crippen LogP contribution in [0.2, 0.25) is 0 Å². The van der Waals surface area contributed by atoms with Crippen molar-refractivity contribution in [3.8, 4) is 0 Å². The molecule has 0 fully saturated rings. The van der Waals surface area contributed by atoms with Gasteiger partial charge < -0.3 is 20.1 Å². The quantitative estimate of drug-likeness (QED) is 0.618. The van der Waals surface area contributed by atoms with Crippen molar-refractivity contribution in [1.82, 2.24) is 10.2 Å². The smallest absolute Gasteiger partial charge is 0.323 e. The Bertz CT molecular complexity index is 246. The van der Waals surface area contributed by atoms with E-state index in [-0.39, 0.29) is 6.10 Å². The van der Waals surface area contributed by atoms with Gasteiger partial charge in [-0.25, -0.2) is 0 Å². The van der Waals surface area contributed by atoms with Crippen molar-refractivity contribution in [3.05, 3.63) is 0 Å². The van der Waals surface area contributed by atoms with Gasteiger partial charge in [-0.05, 0) is 54.3 Å². The van der Waals surface area contributed by atoms with E-state index in [2.05, 4.69) is 10.2 Å². The topological polar surface area (TPSA) is 61.8 Å². The molecule has 0 bridgehead atoms. The predicted molar refractivity (Wildman–Crippen MR) is 72.9 cm³/mol. The molecule has 5 heteroatoms. The van der Waals surface area contributed by atoms with Crippen LogP contribution in [-0.4, -0.2) is 61.4 Å². The zero-order valence-electron chi connectivity index (χ0n) is 12.3. The van der Waals surface area contributed by atoms with Crippen LogP contribution in [0.3, 0.4) is 0 Å². The molecule has 0 aromatic rings. The van der Waals surface area contributed by atoms with Crippen molar-refractivity contribution in [2.24, 2.45) is 0 Å². The number of aliphatic carboxylic acids is 1. The molecule has 1 atom stereocenters. The summed E-state index contributed by atoms with van der Waals surface area (Å²) in [5, 5.41) is 12.0. The fourth-order valence-corrected chi connectivity index (χ4v) is 1.60. The van der Waals surface area contributed by atoms with Crippen LogP contribution < -0.4 is 5.32 Å². The fraction of sp³-hybridized carbons (Fsp3) is 0.923. The Kier molecular flexibility index (Phi) is 8.15. The van der Waals surface area contributed by atoms with E-state index in [1.807, 2.05) is 20.9 Å². The minimum absolute atomic E-state index is 0.262. The number of nitrogens with one attached hydrogen (secondary N) is 1. The molecule has 0 saturated carbocycles. The van der Waals surface area contributed by atoms with E-state index in [4.69, 9.17) is 9.84 Å². The summed E-state index contributed by atoms with van der Waals surface area (Å²) in [6.07, 6.45) is 1.73. The maximum atomic E-state index is 11.1. The lowest BCUT2D eigenvalue weighted by molar-refractivity contribution is -0.144. The number of carbonyl (C=O) groups is 1. The maximum absolute atomic E-state index is 11.1. The second kappa shape index (κ2) is 8.45. The molecule has 0 heterocycles. The lowest BCUT2D eigenvalue weighted by Gasteiger charge is -2.25. The van der Waals surface area contributed by atoms with Crippen LogP contribution in [0, 0.1) is 0 Å². The van der Waals surface area contributed by atoms with Crippen molar-refractivity contribution in [2.75, 3.05) is 33.8 Å². The molecule has 0 aromatic carbocycles. The van der Waals surface area contributed by atoms with Gasteiger partial charge >= 0.3 is 5.97 Å². The van der Waals surface area contributed by atoms with Gasteiger partial charge in [0.05, 0.1) is 12.7 Å². The molecule has 0 saturated heterocycles. The lowest BCUT2D eigenvalue weighted by Crippen LogP contribution is -2.47. The molecule has 0 aromatic heterocycles. The Morgan fingerprint density at radius 3 is 2.50 bits per heavy atom. The Labute approximate surface area is 110 Å². The summed E-state index contributed by atoms with van der Waals surface area (Å²) in [5.41, 5.74) is -0.824. The minimum Gasteiger partial charge on any atom is -0.480 e. The first-order chi connectivity index (χ1) is 8.31. The number of carboxylic acid groups (broad SMARTS) is 1. The molecule has 18 heavy (non-hydrogen) atoms. The first kappa shape index (κ1) is 17.4. The van der Waals surface area contributed by atoms with Crippen LogP contribution in [0.25, 0.3) is 0 Å². The zero-order chi connectivity index (χ0) is 14.2.